The third kappa shape index (κ3) is 3.90. The molecule has 0 aliphatic carbocycles. The van der Waals surface area contributed by atoms with Crippen LogP contribution in [0.2, 0.25) is 0 Å². The summed E-state index contributed by atoms with van der Waals surface area (Å²) in [6.07, 6.45) is 2.47. The molecule has 0 saturated carbocycles. The highest BCUT2D eigenvalue weighted by atomic mass is 19.1. The minimum Gasteiger partial charge on any atom is -0.392 e. The average Bonchev–Trinajstić information content (AvgIpc) is 2.60. The zero-order valence-electron chi connectivity index (χ0n) is 15.5. The minimum atomic E-state index is -0.535. The van der Waals surface area contributed by atoms with Crippen molar-refractivity contribution in [3.63, 3.8) is 0 Å². The van der Waals surface area contributed by atoms with Crippen molar-refractivity contribution in [1.82, 2.24) is 9.80 Å². The zero-order valence-corrected chi connectivity index (χ0v) is 15.5. The van der Waals surface area contributed by atoms with Crippen molar-refractivity contribution in [3.8, 4) is 0 Å². The van der Waals surface area contributed by atoms with E-state index in [9.17, 15) is 19.1 Å². The van der Waals surface area contributed by atoms with Crippen LogP contribution >= 0.6 is 0 Å². The Morgan fingerprint density at radius 3 is 2.62 bits per heavy atom. The van der Waals surface area contributed by atoms with Crippen molar-refractivity contribution in [3.05, 3.63) is 35.1 Å². The molecule has 0 unspecified atom stereocenters. The third-order valence-corrected chi connectivity index (χ3v) is 5.76. The van der Waals surface area contributed by atoms with E-state index in [0.717, 1.165) is 19.3 Å². The van der Waals surface area contributed by atoms with Crippen molar-refractivity contribution in [1.29, 1.82) is 0 Å². The Morgan fingerprint density at radius 1 is 1.31 bits per heavy atom. The number of hydrogen-bond donors (Lipinski definition) is 1. The highest BCUT2D eigenvalue weighted by Crippen LogP contribution is 2.40. The van der Waals surface area contributed by atoms with Gasteiger partial charge in [-0.2, -0.15) is 0 Å². The number of carbonyl (C=O) groups excluding carboxylic acids is 2. The number of β-amino-alcohol motifs (C(OH)–C–C–N with tert-alkyl or cyclic N) is 1. The first-order chi connectivity index (χ1) is 12.3. The fraction of sp³-hybridized carbons (Fsp3) is 0.600. The summed E-state index contributed by atoms with van der Waals surface area (Å²) in [7, 11) is 0. The number of aliphatic hydroxyl groups excluding tert-OH is 1. The Labute approximate surface area is 153 Å². The van der Waals surface area contributed by atoms with E-state index in [1.807, 2.05) is 0 Å². The molecular weight excluding hydrogens is 335 g/mol. The van der Waals surface area contributed by atoms with Crippen LogP contribution in [0.3, 0.4) is 0 Å². The quantitative estimate of drug-likeness (QED) is 0.898. The number of piperidine rings is 2. The van der Waals surface area contributed by atoms with Crippen LogP contribution in [-0.2, 0) is 4.79 Å². The topological polar surface area (TPSA) is 60.9 Å². The summed E-state index contributed by atoms with van der Waals surface area (Å²) in [4.78, 5) is 28.3. The van der Waals surface area contributed by atoms with E-state index >= 15 is 0 Å². The molecule has 0 bridgehead atoms. The second-order valence-corrected chi connectivity index (χ2v) is 7.88. The van der Waals surface area contributed by atoms with Crippen molar-refractivity contribution in [2.45, 2.75) is 45.6 Å². The maximum absolute atomic E-state index is 13.7. The molecule has 1 atom stereocenters. The molecule has 1 aromatic rings. The van der Waals surface area contributed by atoms with E-state index in [-0.39, 0.29) is 23.0 Å². The number of rotatable bonds is 3. The average molecular weight is 362 g/mol. The molecule has 2 heterocycles. The van der Waals surface area contributed by atoms with Crippen molar-refractivity contribution >= 4 is 11.8 Å². The van der Waals surface area contributed by atoms with Gasteiger partial charge in [0.1, 0.15) is 5.82 Å². The number of likely N-dealkylation sites (tertiary alicyclic amines) is 2. The number of aryl methyl sites for hydroxylation is 1. The standard InChI is InChI=1S/C20H27FN2O3/c1-14-3-4-16(11-17(14)21)19(26)22-9-7-20(8-10-22)6-5-18(25)23(13-20)12-15(2)24/h3-4,11,15,24H,5-10,12-13H2,1-2H3/t15-/m0/s1. The molecule has 2 saturated heterocycles. The summed E-state index contributed by atoms with van der Waals surface area (Å²) < 4.78 is 13.7. The van der Waals surface area contributed by atoms with E-state index in [1.165, 1.54) is 6.07 Å². The van der Waals surface area contributed by atoms with Gasteiger partial charge >= 0.3 is 0 Å². The first-order valence-corrected chi connectivity index (χ1v) is 9.31. The van der Waals surface area contributed by atoms with Crippen molar-refractivity contribution in [2.24, 2.45) is 5.41 Å². The first kappa shape index (κ1) is 18.8. The Bertz CT molecular complexity index is 696. The molecule has 2 aliphatic heterocycles. The van der Waals surface area contributed by atoms with Gasteiger partial charge in [0.15, 0.2) is 0 Å². The van der Waals surface area contributed by atoms with Crippen LogP contribution in [0.15, 0.2) is 18.2 Å². The van der Waals surface area contributed by atoms with E-state index in [0.29, 0.717) is 43.7 Å². The summed E-state index contributed by atoms with van der Waals surface area (Å²) in [5.74, 6) is -0.388. The monoisotopic (exact) mass is 362 g/mol. The van der Waals surface area contributed by atoms with Crippen LogP contribution in [-0.4, -0.2) is 59.0 Å². The van der Waals surface area contributed by atoms with Crippen molar-refractivity contribution < 1.29 is 19.1 Å². The summed E-state index contributed by atoms with van der Waals surface area (Å²) in [5, 5.41) is 9.61. The molecule has 142 valence electrons. The summed E-state index contributed by atoms with van der Waals surface area (Å²) in [6, 6.07) is 4.62. The Hall–Kier alpha value is -1.95. The van der Waals surface area contributed by atoms with Gasteiger partial charge in [-0.05, 0) is 56.2 Å². The lowest BCUT2D eigenvalue weighted by atomic mass is 9.72. The molecule has 1 aromatic carbocycles. The summed E-state index contributed by atoms with van der Waals surface area (Å²) in [6.45, 7) is 5.62. The first-order valence-electron chi connectivity index (χ1n) is 9.31. The lowest BCUT2D eigenvalue weighted by molar-refractivity contribution is -0.140. The van der Waals surface area contributed by atoms with Crippen molar-refractivity contribution in [2.75, 3.05) is 26.2 Å². The van der Waals surface area contributed by atoms with Gasteiger partial charge in [-0.3, -0.25) is 9.59 Å². The van der Waals surface area contributed by atoms with Crippen LogP contribution in [0.5, 0.6) is 0 Å². The predicted molar refractivity (Wildman–Crippen MR) is 96.2 cm³/mol. The smallest absolute Gasteiger partial charge is 0.253 e. The van der Waals surface area contributed by atoms with Gasteiger partial charge in [-0.15, -0.1) is 0 Å². The lowest BCUT2D eigenvalue weighted by Crippen LogP contribution is -2.53. The van der Waals surface area contributed by atoms with Gasteiger partial charge in [0.25, 0.3) is 5.91 Å². The van der Waals surface area contributed by atoms with Crippen LogP contribution < -0.4 is 0 Å². The molecule has 0 radical (unpaired) electrons. The molecule has 2 aliphatic rings. The van der Waals surface area contributed by atoms with Gasteiger partial charge in [0.2, 0.25) is 5.91 Å². The summed E-state index contributed by atoms with van der Waals surface area (Å²) in [5.41, 5.74) is 0.945. The van der Waals surface area contributed by atoms with Crippen LogP contribution in [0.25, 0.3) is 0 Å². The molecule has 26 heavy (non-hydrogen) atoms. The van der Waals surface area contributed by atoms with Gasteiger partial charge in [-0.25, -0.2) is 4.39 Å². The SMILES string of the molecule is Cc1ccc(C(=O)N2CCC3(CCC(=O)N(C[C@H](C)O)C3)CC2)cc1F. The van der Waals surface area contributed by atoms with Gasteiger partial charge in [0, 0.05) is 38.2 Å². The predicted octanol–water partition coefficient (Wildman–Crippen LogP) is 2.36. The van der Waals surface area contributed by atoms with Gasteiger partial charge in [0.05, 0.1) is 6.10 Å². The number of benzene rings is 1. The molecule has 1 spiro atoms. The highest BCUT2D eigenvalue weighted by molar-refractivity contribution is 5.94. The third-order valence-electron chi connectivity index (χ3n) is 5.76. The molecule has 3 rings (SSSR count). The maximum Gasteiger partial charge on any atom is 0.253 e. The normalized spacial score (nSPS) is 21.2. The van der Waals surface area contributed by atoms with E-state index in [1.54, 1.807) is 35.8 Å². The molecule has 1 N–H and O–H groups in total. The van der Waals surface area contributed by atoms with Crippen LogP contribution in [0, 0.1) is 18.2 Å². The van der Waals surface area contributed by atoms with Gasteiger partial charge in [-0.1, -0.05) is 6.07 Å². The maximum atomic E-state index is 13.7. The highest BCUT2D eigenvalue weighted by Gasteiger charge is 2.41. The largest absolute Gasteiger partial charge is 0.392 e. The van der Waals surface area contributed by atoms with E-state index in [4.69, 9.17) is 0 Å². The Morgan fingerprint density at radius 2 is 2.00 bits per heavy atom. The number of nitrogens with zero attached hydrogens (tertiary/aromatic N) is 2. The Balaban J connectivity index is 1.63. The molecular formula is C20H27FN2O3. The molecule has 2 amide bonds. The molecule has 0 aromatic heterocycles. The fourth-order valence-corrected chi connectivity index (χ4v) is 4.09. The van der Waals surface area contributed by atoms with Crippen LogP contribution in [0.4, 0.5) is 4.39 Å². The van der Waals surface area contributed by atoms with E-state index < -0.39 is 6.10 Å². The number of hydrogen-bond acceptors (Lipinski definition) is 3. The number of halogens is 1. The number of carbonyl (C=O) groups is 2. The number of amides is 2. The molecule has 2 fully saturated rings. The van der Waals surface area contributed by atoms with Gasteiger partial charge < -0.3 is 14.9 Å². The van der Waals surface area contributed by atoms with Crippen LogP contribution in [0.1, 0.15) is 48.5 Å². The second kappa shape index (κ2) is 7.35. The fourth-order valence-electron chi connectivity index (χ4n) is 4.09. The van der Waals surface area contributed by atoms with E-state index in [2.05, 4.69) is 0 Å². The Kier molecular flexibility index (Phi) is 5.32. The second-order valence-electron chi connectivity index (χ2n) is 7.88. The zero-order chi connectivity index (χ0) is 18.9. The minimum absolute atomic E-state index is 0.0259. The summed E-state index contributed by atoms with van der Waals surface area (Å²) >= 11 is 0. The lowest BCUT2D eigenvalue weighted by Gasteiger charge is -2.47. The molecule has 5 nitrogen and oxygen atoms in total. The number of aliphatic hydroxyl groups is 1. The molecule has 6 heteroatoms.